The number of carbonyl (C=O) groups is 1. The van der Waals surface area contributed by atoms with Crippen molar-refractivity contribution < 1.29 is 14.4 Å². The monoisotopic (exact) mass is 282 g/mol. The maximum atomic E-state index is 12.4. The van der Waals surface area contributed by atoms with Gasteiger partial charge in [0, 0.05) is 24.6 Å². The first-order valence-electron chi connectivity index (χ1n) is 7.37. The number of nitrogens with zero attached hydrogens (tertiary/aromatic N) is 2. The number of aromatic nitrogens is 1. The van der Waals surface area contributed by atoms with Crippen molar-refractivity contribution in [2.24, 2.45) is 0 Å². The van der Waals surface area contributed by atoms with Crippen LogP contribution in [-0.2, 0) is 11.2 Å². The van der Waals surface area contributed by atoms with Gasteiger partial charge in [-0.2, -0.15) is 0 Å². The lowest BCUT2D eigenvalue weighted by molar-refractivity contribution is -0.134. The molecule has 1 aromatic rings. The van der Waals surface area contributed by atoms with Crippen molar-refractivity contribution in [2.45, 2.75) is 59.4 Å². The molecule has 0 aromatic carbocycles. The summed E-state index contributed by atoms with van der Waals surface area (Å²) in [4.78, 5) is 14.2. The molecule has 5 nitrogen and oxygen atoms in total. The van der Waals surface area contributed by atoms with Gasteiger partial charge in [-0.3, -0.25) is 4.79 Å². The molecular formula is C15H26N2O3. The van der Waals surface area contributed by atoms with Gasteiger partial charge in [-0.25, -0.2) is 0 Å². The Labute approximate surface area is 120 Å². The largest absolute Gasteiger partial charge is 0.395 e. The SMILES string of the molecule is CCC(CC)N(CCO)C(=O)CCc1c(C)noc1C. The highest BCUT2D eigenvalue weighted by Gasteiger charge is 2.21. The van der Waals surface area contributed by atoms with Crippen LogP contribution in [0.1, 0.15) is 50.1 Å². The molecule has 114 valence electrons. The van der Waals surface area contributed by atoms with E-state index in [1.165, 1.54) is 0 Å². The molecule has 0 aliphatic carbocycles. The van der Waals surface area contributed by atoms with Gasteiger partial charge in [0.1, 0.15) is 5.76 Å². The minimum absolute atomic E-state index is 0.00750. The number of carbonyl (C=O) groups excluding carboxylic acids is 1. The quantitative estimate of drug-likeness (QED) is 0.794. The Hall–Kier alpha value is -1.36. The maximum absolute atomic E-state index is 12.4. The molecule has 20 heavy (non-hydrogen) atoms. The lowest BCUT2D eigenvalue weighted by Crippen LogP contribution is -2.41. The van der Waals surface area contributed by atoms with E-state index in [2.05, 4.69) is 19.0 Å². The van der Waals surface area contributed by atoms with Crippen molar-refractivity contribution in [3.63, 3.8) is 0 Å². The van der Waals surface area contributed by atoms with E-state index in [0.717, 1.165) is 29.9 Å². The zero-order valence-corrected chi connectivity index (χ0v) is 13.0. The molecule has 0 aliphatic rings. The van der Waals surface area contributed by atoms with E-state index in [1.807, 2.05) is 13.8 Å². The van der Waals surface area contributed by atoms with Gasteiger partial charge in [0.15, 0.2) is 0 Å². The number of rotatable bonds is 8. The Morgan fingerprint density at radius 2 is 2.00 bits per heavy atom. The van der Waals surface area contributed by atoms with Crippen LogP contribution in [0.25, 0.3) is 0 Å². The summed E-state index contributed by atoms with van der Waals surface area (Å²) < 4.78 is 5.11. The first-order valence-corrected chi connectivity index (χ1v) is 7.37. The van der Waals surface area contributed by atoms with E-state index >= 15 is 0 Å². The van der Waals surface area contributed by atoms with Gasteiger partial charge in [-0.1, -0.05) is 19.0 Å². The molecule has 0 saturated carbocycles. The predicted molar refractivity (Wildman–Crippen MR) is 77.5 cm³/mol. The van der Waals surface area contributed by atoms with Crippen LogP contribution in [0.3, 0.4) is 0 Å². The molecule has 0 atom stereocenters. The van der Waals surface area contributed by atoms with Crippen LogP contribution in [0.5, 0.6) is 0 Å². The lowest BCUT2D eigenvalue weighted by atomic mass is 10.1. The Balaban J connectivity index is 2.67. The van der Waals surface area contributed by atoms with Crippen molar-refractivity contribution in [3.8, 4) is 0 Å². The minimum atomic E-state index is 0.00750. The number of hydrogen-bond donors (Lipinski definition) is 1. The standard InChI is InChI=1S/C15H26N2O3/c1-5-13(6-2)17(9-10-18)15(19)8-7-14-11(3)16-20-12(14)4/h13,18H,5-10H2,1-4H3. The second-order valence-corrected chi connectivity index (χ2v) is 5.08. The summed E-state index contributed by atoms with van der Waals surface area (Å²) in [6.45, 7) is 8.31. The van der Waals surface area contributed by atoms with Crippen molar-refractivity contribution in [2.75, 3.05) is 13.2 Å². The average molecular weight is 282 g/mol. The van der Waals surface area contributed by atoms with E-state index < -0.39 is 0 Å². The molecule has 0 fully saturated rings. The first kappa shape index (κ1) is 16.7. The van der Waals surface area contributed by atoms with Gasteiger partial charge in [0.25, 0.3) is 0 Å². The van der Waals surface area contributed by atoms with Crippen molar-refractivity contribution in [3.05, 3.63) is 17.0 Å². The molecule has 1 aromatic heterocycles. The zero-order valence-electron chi connectivity index (χ0n) is 13.0. The summed E-state index contributed by atoms with van der Waals surface area (Å²) >= 11 is 0. The number of amides is 1. The second kappa shape index (κ2) is 8.04. The molecule has 0 unspecified atom stereocenters. The lowest BCUT2D eigenvalue weighted by Gasteiger charge is -2.30. The highest BCUT2D eigenvalue weighted by atomic mass is 16.5. The van der Waals surface area contributed by atoms with Gasteiger partial charge in [0.2, 0.25) is 5.91 Å². The Morgan fingerprint density at radius 1 is 1.35 bits per heavy atom. The van der Waals surface area contributed by atoms with Crippen LogP contribution >= 0.6 is 0 Å². The first-order chi connectivity index (χ1) is 9.54. The number of aliphatic hydroxyl groups excluding tert-OH is 1. The zero-order chi connectivity index (χ0) is 15.1. The minimum Gasteiger partial charge on any atom is -0.395 e. The molecular weight excluding hydrogens is 256 g/mol. The third-order valence-electron chi connectivity index (χ3n) is 3.81. The van der Waals surface area contributed by atoms with E-state index in [4.69, 9.17) is 9.63 Å². The topological polar surface area (TPSA) is 66.6 Å². The third kappa shape index (κ3) is 4.07. The van der Waals surface area contributed by atoms with Gasteiger partial charge >= 0.3 is 0 Å². The van der Waals surface area contributed by atoms with Crippen LogP contribution in [0.2, 0.25) is 0 Å². The number of aliphatic hydroxyl groups is 1. The summed E-state index contributed by atoms with van der Waals surface area (Å²) in [6.07, 6.45) is 2.89. The van der Waals surface area contributed by atoms with Crippen LogP contribution < -0.4 is 0 Å². The Kier molecular flexibility index (Phi) is 6.71. The van der Waals surface area contributed by atoms with E-state index in [9.17, 15) is 4.79 Å². The molecule has 1 rings (SSSR count). The van der Waals surface area contributed by atoms with Crippen LogP contribution in [-0.4, -0.2) is 40.3 Å². The highest BCUT2D eigenvalue weighted by Crippen LogP contribution is 2.16. The van der Waals surface area contributed by atoms with E-state index in [1.54, 1.807) is 4.90 Å². The molecule has 1 heterocycles. The second-order valence-electron chi connectivity index (χ2n) is 5.08. The number of aryl methyl sites for hydroxylation is 2. The molecule has 0 spiro atoms. The number of hydrogen-bond acceptors (Lipinski definition) is 4. The van der Waals surface area contributed by atoms with Crippen LogP contribution in [0, 0.1) is 13.8 Å². The van der Waals surface area contributed by atoms with Crippen molar-refractivity contribution in [1.82, 2.24) is 10.1 Å². The van der Waals surface area contributed by atoms with E-state index in [0.29, 0.717) is 19.4 Å². The fourth-order valence-corrected chi connectivity index (χ4v) is 2.58. The third-order valence-corrected chi connectivity index (χ3v) is 3.81. The molecule has 5 heteroatoms. The van der Waals surface area contributed by atoms with E-state index in [-0.39, 0.29) is 18.6 Å². The average Bonchev–Trinajstić information content (AvgIpc) is 2.76. The van der Waals surface area contributed by atoms with Gasteiger partial charge in [-0.05, 0) is 33.1 Å². The Bertz CT molecular complexity index is 405. The molecule has 1 N–H and O–H groups in total. The Morgan fingerprint density at radius 3 is 2.45 bits per heavy atom. The maximum Gasteiger partial charge on any atom is 0.223 e. The highest BCUT2D eigenvalue weighted by molar-refractivity contribution is 5.76. The molecule has 0 saturated heterocycles. The molecule has 0 bridgehead atoms. The normalized spacial score (nSPS) is 11.1. The summed E-state index contributed by atoms with van der Waals surface area (Å²) in [5, 5.41) is 13.0. The van der Waals surface area contributed by atoms with Gasteiger partial charge < -0.3 is 14.5 Å². The fraction of sp³-hybridized carbons (Fsp3) is 0.733. The molecule has 0 aliphatic heterocycles. The van der Waals surface area contributed by atoms with Crippen molar-refractivity contribution in [1.29, 1.82) is 0 Å². The summed E-state index contributed by atoms with van der Waals surface area (Å²) in [6, 6.07) is 0.208. The predicted octanol–water partition coefficient (Wildman–Crippen LogP) is 2.23. The van der Waals surface area contributed by atoms with Gasteiger partial charge in [0.05, 0.1) is 12.3 Å². The van der Waals surface area contributed by atoms with Crippen LogP contribution in [0.4, 0.5) is 0 Å². The molecule has 0 radical (unpaired) electrons. The van der Waals surface area contributed by atoms with Gasteiger partial charge in [-0.15, -0.1) is 0 Å². The smallest absolute Gasteiger partial charge is 0.223 e. The summed E-state index contributed by atoms with van der Waals surface area (Å²) in [5.74, 6) is 0.874. The fourth-order valence-electron chi connectivity index (χ4n) is 2.58. The molecule has 1 amide bonds. The van der Waals surface area contributed by atoms with Crippen LogP contribution in [0.15, 0.2) is 4.52 Å². The summed E-state index contributed by atoms with van der Waals surface area (Å²) in [7, 11) is 0. The van der Waals surface area contributed by atoms with Crippen molar-refractivity contribution >= 4 is 5.91 Å². The summed E-state index contributed by atoms with van der Waals surface area (Å²) in [5.41, 5.74) is 1.87.